The molecule has 0 bridgehead atoms. The molecule has 1 atom stereocenters. The minimum Gasteiger partial charge on any atom is -0.465 e. The minimum absolute atomic E-state index is 0.131. The number of hydrogen-bond acceptors (Lipinski definition) is 2. The topological polar surface area (TPSA) is 53.4 Å². The molecule has 2 fully saturated rings. The second kappa shape index (κ2) is 4.90. The number of piperidine rings is 1. The minimum atomic E-state index is -2.59. The van der Waals surface area contributed by atoms with E-state index < -0.39 is 23.5 Å². The Balaban J connectivity index is 1.85. The van der Waals surface area contributed by atoms with Crippen LogP contribution < -0.4 is 0 Å². The smallest absolute Gasteiger partial charge is 0.407 e. The maximum Gasteiger partial charge on any atom is 0.407 e. The van der Waals surface area contributed by atoms with Crippen LogP contribution in [0, 0.1) is 5.41 Å². The van der Waals surface area contributed by atoms with Crippen molar-refractivity contribution in [3.63, 3.8) is 0 Å². The predicted octanol–water partition coefficient (Wildman–Crippen LogP) is 4.07. The maximum absolute atomic E-state index is 13.3. The van der Waals surface area contributed by atoms with Crippen LogP contribution in [0.3, 0.4) is 0 Å². The first-order chi connectivity index (χ1) is 9.80. The standard InChI is InChI=1S/C14H15BrF2N2O2/c15-11-2-1-9(6-18-11)10-5-13(7-14(16,17)8-13)3-4-19(10)12(20)21/h1-2,6,10H,3-5,7-8H2,(H,20,21). The quantitative estimate of drug-likeness (QED) is 0.767. The molecule has 3 rings (SSSR count). The van der Waals surface area contributed by atoms with Crippen LogP contribution in [-0.4, -0.2) is 33.6 Å². The number of likely N-dealkylation sites (tertiary alicyclic amines) is 1. The molecule has 7 heteroatoms. The summed E-state index contributed by atoms with van der Waals surface area (Å²) in [6.07, 6.45) is 1.29. The van der Waals surface area contributed by atoms with Crippen LogP contribution in [0.4, 0.5) is 13.6 Å². The molecule has 21 heavy (non-hydrogen) atoms. The number of carboxylic acid groups (broad SMARTS) is 1. The van der Waals surface area contributed by atoms with Crippen molar-refractivity contribution in [2.24, 2.45) is 5.41 Å². The number of halogens is 3. The third-order valence-corrected chi connectivity index (χ3v) is 5.00. The fourth-order valence-corrected chi connectivity index (χ4v) is 3.85. The number of aromatic nitrogens is 1. The lowest BCUT2D eigenvalue weighted by Crippen LogP contribution is -2.54. The van der Waals surface area contributed by atoms with Crippen LogP contribution in [-0.2, 0) is 0 Å². The van der Waals surface area contributed by atoms with Crippen molar-refractivity contribution in [2.45, 2.75) is 37.6 Å². The molecular weight excluding hydrogens is 346 g/mol. The third-order valence-electron chi connectivity index (χ3n) is 4.53. The Morgan fingerprint density at radius 3 is 2.67 bits per heavy atom. The van der Waals surface area contributed by atoms with Gasteiger partial charge in [-0.2, -0.15) is 0 Å². The van der Waals surface area contributed by atoms with Gasteiger partial charge in [-0.25, -0.2) is 18.6 Å². The van der Waals surface area contributed by atoms with E-state index in [-0.39, 0.29) is 12.8 Å². The van der Waals surface area contributed by atoms with Crippen LogP contribution in [0.5, 0.6) is 0 Å². The highest BCUT2D eigenvalue weighted by molar-refractivity contribution is 9.10. The van der Waals surface area contributed by atoms with E-state index in [2.05, 4.69) is 20.9 Å². The number of amides is 1. The number of alkyl halides is 2. The molecule has 1 aliphatic carbocycles. The normalized spacial score (nSPS) is 26.4. The largest absolute Gasteiger partial charge is 0.465 e. The van der Waals surface area contributed by atoms with Gasteiger partial charge in [0.15, 0.2) is 0 Å². The lowest BCUT2D eigenvalue weighted by atomic mass is 9.59. The van der Waals surface area contributed by atoms with Crippen LogP contribution >= 0.6 is 15.9 Å². The summed E-state index contributed by atoms with van der Waals surface area (Å²) >= 11 is 3.24. The van der Waals surface area contributed by atoms with Crippen LogP contribution in [0.15, 0.2) is 22.9 Å². The molecule has 114 valence electrons. The van der Waals surface area contributed by atoms with E-state index in [0.29, 0.717) is 24.0 Å². The SMILES string of the molecule is O=C(O)N1CCC2(CC1c1ccc(Br)nc1)CC(F)(F)C2. The highest BCUT2D eigenvalue weighted by Crippen LogP contribution is 2.60. The summed E-state index contributed by atoms with van der Waals surface area (Å²) in [4.78, 5) is 16.9. The molecule has 1 N–H and O–H groups in total. The van der Waals surface area contributed by atoms with Crippen molar-refractivity contribution in [3.05, 3.63) is 28.5 Å². The van der Waals surface area contributed by atoms with E-state index in [9.17, 15) is 18.7 Å². The highest BCUT2D eigenvalue weighted by Gasteiger charge is 2.58. The van der Waals surface area contributed by atoms with Gasteiger partial charge in [0.1, 0.15) is 4.60 Å². The Bertz CT molecular complexity index is 557. The Morgan fingerprint density at radius 1 is 1.43 bits per heavy atom. The second-order valence-corrected chi connectivity index (χ2v) is 6.88. The zero-order valence-corrected chi connectivity index (χ0v) is 12.8. The molecule has 2 aliphatic rings. The molecule has 1 spiro atoms. The molecule has 1 saturated carbocycles. The maximum atomic E-state index is 13.3. The first-order valence-corrected chi connectivity index (χ1v) is 7.59. The van der Waals surface area contributed by atoms with Gasteiger partial charge in [0.25, 0.3) is 0 Å². The fourth-order valence-electron chi connectivity index (χ4n) is 3.61. The summed E-state index contributed by atoms with van der Waals surface area (Å²) < 4.78 is 27.2. The van der Waals surface area contributed by atoms with Crippen LogP contribution in [0.25, 0.3) is 0 Å². The molecule has 0 radical (unpaired) electrons. The van der Waals surface area contributed by atoms with Gasteiger partial charge in [-0.15, -0.1) is 0 Å². The first-order valence-electron chi connectivity index (χ1n) is 6.79. The number of hydrogen-bond donors (Lipinski definition) is 1. The average Bonchev–Trinajstić information content (AvgIpc) is 2.36. The van der Waals surface area contributed by atoms with Crippen molar-refractivity contribution < 1.29 is 18.7 Å². The highest BCUT2D eigenvalue weighted by atomic mass is 79.9. The molecule has 2 heterocycles. The van der Waals surface area contributed by atoms with Gasteiger partial charge in [0, 0.05) is 25.6 Å². The molecule has 1 aromatic rings. The van der Waals surface area contributed by atoms with Crippen LogP contribution in [0.2, 0.25) is 0 Å². The summed E-state index contributed by atoms with van der Waals surface area (Å²) in [5.41, 5.74) is 0.336. The van der Waals surface area contributed by atoms with E-state index >= 15 is 0 Å². The first kappa shape index (κ1) is 14.7. The molecule has 1 saturated heterocycles. The lowest BCUT2D eigenvalue weighted by Gasteiger charge is -2.54. The molecule has 1 aromatic heterocycles. The van der Waals surface area contributed by atoms with Gasteiger partial charge in [-0.05, 0) is 45.8 Å². The molecule has 1 unspecified atom stereocenters. The summed E-state index contributed by atoms with van der Waals surface area (Å²) in [6, 6.07) is 3.15. The Morgan fingerprint density at radius 2 is 2.14 bits per heavy atom. The molecule has 1 amide bonds. The van der Waals surface area contributed by atoms with E-state index in [0.717, 1.165) is 5.56 Å². The number of carbonyl (C=O) groups is 1. The van der Waals surface area contributed by atoms with E-state index in [1.54, 1.807) is 18.3 Å². The van der Waals surface area contributed by atoms with Gasteiger partial charge in [0.2, 0.25) is 5.92 Å². The van der Waals surface area contributed by atoms with Gasteiger partial charge in [0.05, 0.1) is 6.04 Å². The van der Waals surface area contributed by atoms with Gasteiger partial charge in [-0.1, -0.05) is 6.07 Å². The van der Waals surface area contributed by atoms with Gasteiger partial charge in [-0.3, -0.25) is 0 Å². The fraction of sp³-hybridized carbons (Fsp3) is 0.571. The van der Waals surface area contributed by atoms with E-state index in [4.69, 9.17) is 0 Å². The predicted molar refractivity (Wildman–Crippen MR) is 75.3 cm³/mol. The average molecular weight is 361 g/mol. The molecule has 0 aromatic carbocycles. The van der Waals surface area contributed by atoms with E-state index in [1.165, 1.54) is 4.90 Å². The lowest BCUT2D eigenvalue weighted by molar-refractivity contribution is -0.183. The Kier molecular flexibility index (Phi) is 3.43. The van der Waals surface area contributed by atoms with E-state index in [1.807, 2.05) is 0 Å². The van der Waals surface area contributed by atoms with Crippen molar-refractivity contribution >= 4 is 22.0 Å². The van der Waals surface area contributed by atoms with Crippen molar-refractivity contribution in [1.82, 2.24) is 9.88 Å². The van der Waals surface area contributed by atoms with Gasteiger partial charge >= 0.3 is 6.09 Å². The summed E-state index contributed by atoms with van der Waals surface area (Å²) in [7, 11) is 0. The summed E-state index contributed by atoms with van der Waals surface area (Å²) in [6.45, 7) is 0.298. The van der Waals surface area contributed by atoms with Gasteiger partial charge < -0.3 is 10.0 Å². The summed E-state index contributed by atoms with van der Waals surface area (Å²) in [5.74, 6) is -2.59. The third kappa shape index (κ3) is 2.75. The number of rotatable bonds is 1. The number of pyridine rings is 1. The van der Waals surface area contributed by atoms with Crippen molar-refractivity contribution in [1.29, 1.82) is 0 Å². The Hall–Kier alpha value is -1.24. The van der Waals surface area contributed by atoms with Crippen LogP contribution in [0.1, 0.15) is 37.3 Å². The molecular formula is C14H15BrF2N2O2. The second-order valence-electron chi connectivity index (χ2n) is 6.07. The monoisotopic (exact) mass is 360 g/mol. The molecule has 4 nitrogen and oxygen atoms in total. The molecule has 1 aliphatic heterocycles. The summed E-state index contributed by atoms with van der Waals surface area (Å²) in [5, 5.41) is 9.34. The van der Waals surface area contributed by atoms with Crippen molar-refractivity contribution in [3.8, 4) is 0 Å². The number of nitrogens with zero attached hydrogens (tertiary/aromatic N) is 2. The Labute approximate surface area is 129 Å². The zero-order chi connectivity index (χ0) is 15.3. The zero-order valence-electron chi connectivity index (χ0n) is 11.2. The van der Waals surface area contributed by atoms with Crippen molar-refractivity contribution in [2.75, 3.05) is 6.54 Å².